The van der Waals surface area contributed by atoms with Crippen LogP contribution in [0.4, 0.5) is 11.4 Å². The highest BCUT2D eigenvalue weighted by atomic mass is 35.5. The number of rotatable bonds is 7. The Morgan fingerprint density at radius 3 is 2.29 bits per heavy atom. The standard InChI is InChI=1S/C27H30ClN3O3/c1-5-20(29(3)4)14-11-18(2)17-23-24-25(34-31(23)22-15-12-19(28)13-16-22)27(33)30(26(24)32)21-9-7-6-8-10-21/h6-16,23-25H,5,17H2,1-4H3/b18-11+,20-14+. The monoisotopic (exact) mass is 479 g/mol. The van der Waals surface area contributed by atoms with Crippen molar-refractivity contribution in [2.45, 2.75) is 38.8 Å². The predicted octanol–water partition coefficient (Wildman–Crippen LogP) is 5.21. The second-order valence-electron chi connectivity index (χ2n) is 8.89. The molecule has 0 aromatic heterocycles. The summed E-state index contributed by atoms with van der Waals surface area (Å²) in [5.41, 5.74) is 3.64. The van der Waals surface area contributed by atoms with Gasteiger partial charge in [0.1, 0.15) is 5.92 Å². The maximum atomic E-state index is 13.6. The average Bonchev–Trinajstić information content (AvgIpc) is 3.30. The first-order valence-corrected chi connectivity index (χ1v) is 11.9. The molecule has 2 aromatic carbocycles. The number of benzene rings is 2. The van der Waals surface area contributed by atoms with Crippen LogP contribution < -0.4 is 9.96 Å². The molecule has 34 heavy (non-hydrogen) atoms. The Labute approximate surface area is 206 Å². The third-order valence-electron chi connectivity index (χ3n) is 6.36. The Hall–Kier alpha value is -3.09. The normalized spacial score (nSPS) is 23.0. The molecule has 3 unspecified atom stereocenters. The van der Waals surface area contributed by atoms with Crippen LogP contribution in [-0.4, -0.2) is 43.0 Å². The number of hydrogen-bond acceptors (Lipinski definition) is 5. The molecule has 2 aromatic rings. The molecule has 2 aliphatic rings. The van der Waals surface area contributed by atoms with Gasteiger partial charge in [0, 0.05) is 24.8 Å². The van der Waals surface area contributed by atoms with E-state index in [9.17, 15) is 9.59 Å². The molecule has 2 saturated heterocycles. The summed E-state index contributed by atoms with van der Waals surface area (Å²) < 4.78 is 0. The lowest BCUT2D eigenvalue weighted by Gasteiger charge is -2.28. The minimum absolute atomic E-state index is 0.228. The SMILES string of the molecule is CC/C(=C\C=C(/C)CC1C2C(=O)N(c3ccccc3)C(=O)C2ON1c1ccc(Cl)cc1)N(C)C. The maximum Gasteiger partial charge on any atom is 0.266 e. The second-order valence-corrected chi connectivity index (χ2v) is 9.33. The Morgan fingerprint density at radius 2 is 1.68 bits per heavy atom. The number of halogens is 1. The fourth-order valence-electron chi connectivity index (χ4n) is 4.59. The van der Waals surface area contributed by atoms with Gasteiger partial charge in [-0.2, -0.15) is 0 Å². The number of nitrogens with zero attached hydrogens (tertiary/aromatic N) is 3. The van der Waals surface area contributed by atoms with Gasteiger partial charge in [-0.05, 0) is 62.2 Å². The van der Waals surface area contributed by atoms with Crippen LogP contribution in [0.15, 0.2) is 78.0 Å². The van der Waals surface area contributed by atoms with E-state index < -0.39 is 12.0 Å². The molecule has 0 aliphatic carbocycles. The predicted molar refractivity (Wildman–Crippen MR) is 135 cm³/mol. The molecule has 4 rings (SSSR count). The number of fused-ring (bicyclic) bond motifs is 1. The zero-order chi connectivity index (χ0) is 24.4. The Kier molecular flexibility index (Phi) is 7.10. The van der Waals surface area contributed by atoms with Crippen LogP contribution in [0.3, 0.4) is 0 Å². The van der Waals surface area contributed by atoms with Gasteiger partial charge in [-0.25, -0.2) is 9.96 Å². The number of amides is 2. The van der Waals surface area contributed by atoms with E-state index in [0.29, 0.717) is 17.1 Å². The summed E-state index contributed by atoms with van der Waals surface area (Å²) in [7, 11) is 4.05. The first-order chi connectivity index (χ1) is 16.3. The van der Waals surface area contributed by atoms with Crippen molar-refractivity contribution in [1.29, 1.82) is 0 Å². The smallest absolute Gasteiger partial charge is 0.266 e. The zero-order valence-electron chi connectivity index (χ0n) is 19.9. The molecule has 2 fully saturated rings. The second kappa shape index (κ2) is 10.0. The highest BCUT2D eigenvalue weighted by Gasteiger charge is 2.59. The van der Waals surface area contributed by atoms with Gasteiger partial charge in [-0.1, -0.05) is 48.4 Å². The number of hydroxylamine groups is 1. The molecule has 2 amide bonds. The van der Waals surface area contributed by atoms with Gasteiger partial charge in [-0.15, -0.1) is 0 Å². The number of anilines is 2. The van der Waals surface area contributed by atoms with Crippen LogP contribution in [-0.2, 0) is 14.4 Å². The van der Waals surface area contributed by atoms with E-state index in [-0.39, 0.29) is 17.9 Å². The van der Waals surface area contributed by atoms with E-state index in [1.54, 1.807) is 29.3 Å². The number of carbonyl (C=O) groups is 2. The van der Waals surface area contributed by atoms with Gasteiger partial charge in [0.2, 0.25) is 5.91 Å². The van der Waals surface area contributed by atoms with E-state index in [1.807, 2.05) is 51.4 Å². The van der Waals surface area contributed by atoms with Crippen molar-refractivity contribution in [1.82, 2.24) is 4.90 Å². The van der Waals surface area contributed by atoms with Crippen molar-refractivity contribution in [3.05, 3.63) is 83.0 Å². The van der Waals surface area contributed by atoms with Gasteiger partial charge in [-0.3, -0.25) is 14.4 Å². The minimum Gasteiger partial charge on any atom is -0.381 e. The summed E-state index contributed by atoms with van der Waals surface area (Å²) in [6, 6.07) is 16.0. The van der Waals surface area contributed by atoms with Crippen molar-refractivity contribution in [2.75, 3.05) is 24.1 Å². The average molecular weight is 480 g/mol. The number of allylic oxidation sites excluding steroid dienone is 3. The quantitative estimate of drug-likeness (QED) is 0.403. The molecule has 7 heteroatoms. The van der Waals surface area contributed by atoms with Gasteiger partial charge in [0.05, 0.1) is 17.4 Å². The molecule has 178 valence electrons. The molecular weight excluding hydrogens is 450 g/mol. The largest absolute Gasteiger partial charge is 0.381 e. The summed E-state index contributed by atoms with van der Waals surface area (Å²) in [6.07, 6.45) is 4.83. The van der Waals surface area contributed by atoms with Crippen LogP contribution in [0, 0.1) is 5.92 Å². The van der Waals surface area contributed by atoms with Crippen molar-refractivity contribution >= 4 is 34.8 Å². The molecule has 6 nitrogen and oxygen atoms in total. The molecule has 3 atom stereocenters. The van der Waals surface area contributed by atoms with E-state index in [4.69, 9.17) is 16.4 Å². The molecule has 0 bridgehead atoms. The van der Waals surface area contributed by atoms with E-state index in [0.717, 1.165) is 17.7 Å². The first-order valence-electron chi connectivity index (χ1n) is 11.5. The molecule has 2 aliphatic heterocycles. The number of para-hydroxylation sites is 1. The van der Waals surface area contributed by atoms with E-state index >= 15 is 0 Å². The van der Waals surface area contributed by atoms with Gasteiger partial charge in [0.25, 0.3) is 5.91 Å². The van der Waals surface area contributed by atoms with E-state index in [2.05, 4.69) is 24.0 Å². The Morgan fingerprint density at radius 1 is 1.00 bits per heavy atom. The highest BCUT2D eigenvalue weighted by Crippen LogP contribution is 2.42. The van der Waals surface area contributed by atoms with Gasteiger partial charge >= 0.3 is 0 Å². The Bertz CT molecular complexity index is 1110. The van der Waals surface area contributed by atoms with Crippen LogP contribution in [0.5, 0.6) is 0 Å². The lowest BCUT2D eigenvalue weighted by atomic mass is 9.91. The summed E-state index contributed by atoms with van der Waals surface area (Å²) in [6.45, 7) is 4.16. The highest BCUT2D eigenvalue weighted by molar-refractivity contribution is 6.30. The summed E-state index contributed by atoms with van der Waals surface area (Å²) in [5.74, 6) is -1.16. The lowest BCUT2D eigenvalue weighted by molar-refractivity contribution is -0.126. The Balaban J connectivity index is 1.67. The van der Waals surface area contributed by atoms with Crippen LogP contribution in [0.1, 0.15) is 26.7 Å². The van der Waals surface area contributed by atoms with Crippen molar-refractivity contribution in [3.63, 3.8) is 0 Å². The minimum atomic E-state index is -0.857. The summed E-state index contributed by atoms with van der Waals surface area (Å²) >= 11 is 6.08. The molecule has 0 spiro atoms. The molecule has 2 heterocycles. The zero-order valence-corrected chi connectivity index (χ0v) is 20.7. The number of hydrogen-bond donors (Lipinski definition) is 0. The van der Waals surface area contributed by atoms with Crippen molar-refractivity contribution < 1.29 is 14.4 Å². The van der Waals surface area contributed by atoms with Gasteiger partial charge < -0.3 is 4.90 Å². The van der Waals surface area contributed by atoms with Crippen molar-refractivity contribution in [2.24, 2.45) is 5.92 Å². The molecule has 0 saturated carbocycles. The topological polar surface area (TPSA) is 53.1 Å². The van der Waals surface area contributed by atoms with E-state index in [1.165, 1.54) is 10.6 Å². The number of imide groups is 1. The third kappa shape index (κ3) is 4.61. The van der Waals surface area contributed by atoms with Crippen LogP contribution in [0.25, 0.3) is 0 Å². The van der Waals surface area contributed by atoms with Gasteiger partial charge in [0.15, 0.2) is 6.10 Å². The first kappa shape index (κ1) is 24.0. The molecule has 0 N–H and O–H groups in total. The summed E-state index contributed by atoms with van der Waals surface area (Å²) in [4.78, 5) is 36.4. The van der Waals surface area contributed by atoms with Crippen LogP contribution in [0.2, 0.25) is 5.02 Å². The lowest BCUT2D eigenvalue weighted by Crippen LogP contribution is -2.40. The summed E-state index contributed by atoms with van der Waals surface area (Å²) in [5, 5.41) is 2.33. The molecule has 0 radical (unpaired) electrons. The van der Waals surface area contributed by atoms with Crippen LogP contribution >= 0.6 is 11.6 Å². The van der Waals surface area contributed by atoms with Crippen molar-refractivity contribution in [3.8, 4) is 0 Å². The fourth-order valence-corrected chi connectivity index (χ4v) is 4.72. The number of carbonyl (C=O) groups excluding carboxylic acids is 2. The maximum absolute atomic E-state index is 13.6. The molecular formula is C27H30ClN3O3. The third-order valence-corrected chi connectivity index (χ3v) is 6.61. The fraction of sp³-hybridized carbons (Fsp3) is 0.333.